The summed E-state index contributed by atoms with van der Waals surface area (Å²) in [5, 5.41) is 32.1. The Morgan fingerprint density at radius 1 is 1.29 bits per heavy atom. The van der Waals surface area contributed by atoms with Crippen molar-refractivity contribution in [3.8, 4) is 17.1 Å². The number of aromatic nitrogens is 2. The van der Waals surface area contributed by atoms with E-state index in [1.165, 1.54) is 18.9 Å². The van der Waals surface area contributed by atoms with Crippen LogP contribution in [0.3, 0.4) is 0 Å². The highest BCUT2D eigenvalue weighted by atomic mass is 35.5. The average molecular weight is 611 g/mol. The number of nitrogens with zero attached hydrogens (tertiary/aromatic N) is 4. The molecule has 1 atom stereocenters. The molecule has 1 saturated heterocycles. The summed E-state index contributed by atoms with van der Waals surface area (Å²) in [5.74, 6) is 1.28. The van der Waals surface area contributed by atoms with Crippen molar-refractivity contribution in [3.05, 3.63) is 40.2 Å². The fraction of sp³-hybridized carbons (Fsp3) is 0.552. The van der Waals surface area contributed by atoms with Crippen LogP contribution in [0.15, 0.2) is 24.0 Å². The number of anilines is 1. The number of nitrogens with one attached hydrogen (secondary N) is 2. The number of hydrogen-bond donors (Lipinski definition) is 4. The monoisotopic (exact) mass is 610 g/mol. The summed E-state index contributed by atoms with van der Waals surface area (Å²) in [6, 6.07) is 4.90. The highest BCUT2D eigenvalue weighted by Crippen LogP contribution is 2.52. The minimum Gasteiger partial charge on any atom is -0.512 e. The van der Waals surface area contributed by atoms with Crippen molar-refractivity contribution in [1.29, 1.82) is 5.41 Å². The van der Waals surface area contributed by atoms with Crippen molar-refractivity contribution >= 4 is 28.7 Å². The van der Waals surface area contributed by atoms with Crippen LogP contribution in [0.1, 0.15) is 37.9 Å². The molecular formula is C29H38ClF3N6O3. The van der Waals surface area contributed by atoms with Crippen molar-refractivity contribution in [2.24, 2.45) is 5.41 Å². The number of halogens is 4. The van der Waals surface area contributed by atoms with Crippen molar-refractivity contribution in [2.75, 3.05) is 51.8 Å². The molecule has 1 aliphatic heterocycles. The number of hydrogen-bond acceptors (Lipinski definition) is 9. The third-order valence-electron chi connectivity index (χ3n) is 7.90. The van der Waals surface area contributed by atoms with Gasteiger partial charge in [-0.1, -0.05) is 11.6 Å². The van der Waals surface area contributed by atoms with Crippen molar-refractivity contribution < 1.29 is 28.1 Å². The second-order valence-corrected chi connectivity index (χ2v) is 11.9. The predicted octanol–water partition coefficient (Wildman–Crippen LogP) is 4.86. The van der Waals surface area contributed by atoms with E-state index >= 15 is 0 Å². The summed E-state index contributed by atoms with van der Waals surface area (Å²) < 4.78 is 44.4. The molecule has 1 aromatic heterocycles. The van der Waals surface area contributed by atoms with Gasteiger partial charge in [0, 0.05) is 47.9 Å². The van der Waals surface area contributed by atoms with Gasteiger partial charge in [0.1, 0.15) is 30.0 Å². The van der Waals surface area contributed by atoms with Crippen LogP contribution < -0.4 is 15.0 Å². The largest absolute Gasteiger partial charge is 0.512 e. The van der Waals surface area contributed by atoms with E-state index in [-0.39, 0.29) is 40.9 Å². The van der Waals surface area contributed by atoms with Gasteiger partial charge < -0.3 is 30.6 Å². The second-order valence-electron chi connectivity index (χ2n) is 11.5. The Bertz CT molecular complexity index is 1350. The molecule has 0 amide bonds. The van der Waals surface area contributed by atoms with Gasteiger partial charge in [0.25, 0.3) is 0 Å². The second kappa shape index (κ2) is 12.4. The van der Waals surface area contributed by atoms with E-state index in [9.17, 15) is 23.4 Å². The average Bonchev–Trinajstić information content (AvgIpc) is 2.82. The van der Waals surface area contributed by atoms with E-state index in [1.807, 2.05) is 6.92 Å². The lowest BCUT2D eigenvalue weighted by Crippen LogP contribution is -2.67. The van der Waals surface area contributed by atoms with Gasteiger partial charge in [0.15, 0.2) is 5.82 Å². The van der Waals surface area contributed by atoms with E-state index in [0.29, 0.717) is 65.9 Å². The van der Waals surface area contributed by atoms with E-state index < -0.39 is 18.8 Å². The molecule has 0 unspecified atom stereocenters. The van der Waals surface area contributed by atoms with Crippen LogP contribution in [-0.4, -0.2) is 96.0 Å². The van der Waals surface area contributed by atoms with Crippen molar-refractivity contribution in [2.45, 2.75) is 51.9 Å². The highest BCUT2D eigenvalue weighted by Gasteiger charge is 2.54. The minimum absolute atomic E-state index is 0.0579. The van der Waals surface area contributed by atoms with Crippen LogP contribution in [0.2, 0.25) is 5.02 Å². The number of allylic oxidation sites excluding steroid dienone is 2. The van der Waals surface area contributed by atoms with E-state index in [1.54, 1.807) is 32.2 Å². The van der Waals surface area contributed by atoms with Crippen LogP contribution in [-0.2, 0) is 0 Å². The molecular weight excluding hydrogens is 573 g/mol. The summed E-state index contributed by atoms with van der Waals surface area (Å²) in [4.78, 5) is 13.0. The molecule has 2 heterocycles. The molecule has 42 heavy (non-hydrogen) atoms. The molecule has 1 aliphatic carbocycles. The van der Waals surface area contributed by atoms with E-state index in [0.717, 1.165) is 0 Å². The van der Waals surface area contributed by atoms with Crippen LogP contribution in [0.25, 0.3) is 17.0 Å². The molecule has 0 radical (unpaired) electrons. The van der Waals surface area contributed by atoms with Gasteiger partial charge in [-0.2, -0.15) is 13.2 Å². The van der Waals surface area contributed by atoms with Crippen LogP contribution in [0.4, 0.5) is 19.0 Å². The fourth-order valence-corrected chi connectivity index (χ4v) is 6.09. The normalized spacial score (nSPS) is 18.0. The number of aliphatic hydroxyl groups is 2. The van der Waals surface area contributed by atoms with Crippen LogP contribution >= 0.6 is 11.6 Å². The van der Waals surface area contributed by atoms with Gasteiger partial charge in [0.05, 0.1) is 22.8 Å². The first-order valence-electron chi connectivity index (χ1n) is 13.7. The summed E-state index contributed by atoms with van der Waals surface area (Å²) in [7, 11) is 3.25. The molecule has 0 bridgehead atoms. The maximum Gasteiger partial charge on any atom is 0.401 e. The maximum atomic E-state index is 12.9. The summed E-state index contributed by atoms with van der Waals surface area (Å²) in [6.45, 7) is 5.65. The number of alkyl halides is 3. The minimum atomic E-state index is -4.23. The fourth-order valence-electron chi connectivity index (χ4n) is 5.88. The van der Waals surface area contributed by atoms with Crippen LogP contribution in [0, 0.1) is 17.7 Å². The lowest BCUT2D eigenvalue weighted by atomic mass is 9.60. The Labute approximate surface area is 248 Å². The number of ether oxygens (including phenoxy) is 1. The molecule has 2 aliphatic rings. The van der Waals surface area contributed by atoms with Crippen molar-refractivity contribution in [3.63, 3.8) is 0 Å². The van der Waals surface area contributed by atoms with Gasteiger partial charge in [0.2, 0.25) is 0 Å². The first kappa shape index (κ1) is 32.0. The Kier molecular flexibility index (Phi) is 9.41. The quantitative estimate of drug-likeness (QED) is 0.211. The third kappa shape index (κ3) is 6.99. The number of likely N-dealkylation sites (N-methyl/N-ethyl adjacent to an activating group) is 1. The predicted molar refractivity (Wildman–Crippen MR) is 158 cm³/mol. The molecule has 1 aromatic carbocycles. The molecule has 13 heteroatoms. The number of aliphatic hydroxyl groups excluding tert-OH is 2. The van der Waals surface area contributed by atoms with Crippen molar-refractivity contribution in [1.82, 2.24) is 20.2 Å². The standard InChI is InChI=1S/C29H38ClF3N6O3/c1-16-25(24(17(2)34)18(3)40)36-26(22-8-21(6-7-23(22)30)42-12-20(41)11-35-4)37-27(16)39-13-28(14-39)9-19(10-28)38(5)15-29(31,32)33/h6-8,19-20,34-35,40-41H,9-15H2,1-5H3/b24-18+,34-17?/t20-/m1/s1. The Balaban J connectivity index is 1.65. The third-order valence-corrected chi connectivity index (χ3v) is 8.23. The lowest BCUT2D eigenvalue weighted by Gasteiger charge is -2.61. The smallest absolute Gasteiger partial charge is 0.401 e. The van der Waals surface area contributed by atoms with Gasteiger partial charge in [-0.3, -0.25) is 4.90 Å². The van der Waals surface area contributed by atoms with Gasteiger partial charge in [-0.25, -0.2) is 9.97 Å². The van der Waals surface area contributed by atoms with E-state index in [2.05, 4.69) is 10.2 Å². The summed E-state index contributed by atoms with van der Waals surface area (Å²) in [6.07, 6.45) is -3.60. The molecule has 4 rings (SSSR count). The van der Waals surface area contributed by atoms with Gasteiger partial charge in [-0.15, -0.1) is 0 Å². The van der Waals surface area contributed by atoms with Crippen LogP contribution in [0.5, 0.6) is 5.75 Å². The topological polar surface area (TPSA) is 118 Å². The molecule has 230 valence electrons. The highest BCUT2D eigenvalue weighted by molar-refractivity contribution is 6.33. The van der Waals surface area contributed by atoms with E-state index in [4.69, 9.17) is 31.7 Å². The number of rotatable bonds is 11. The molecule has 2 fully saturated rings. The lowest BCUT2D eigenvalue weighted by molar-refractivity contribution is -0.158. The van der Waals surface area contributed by atoms with Gasteiger partial charge >= 0.3 is 6.18 Å². The molecule has 4 N–H and O–H groups in total. The Hall–Kier alpha value is -2.93. The zero-order chi connectivity index (χ0) is 31.0. The Morgan fingerprint density at radius 3 is 2.52 bits per heavy atom. The maximum absolute atomic E-state index is 12.9. The SMILES string of the molecule is CNC[C@@H](O)COc1ccc(Cl)c(-c2nc(/C(C(C)=N)=C(\C)O)c(C)c(N3CC4(CC(N(C)CC(F)(F)F)C4)C3)n2)c1. The first-order chi connectivity index (χ1) is 19.6. The first-order valence-corrected chi connectivity index (χ1v) is 14.1. The van der Waals surface area contributed by atoms with Gasteiger partial charge in [-0.05, 0) is 65.9 Å². The molecule has 1 spiro atoms. The zero-order valence-corrected chi connectivity index (χ0v) is 25.2. The molecule has 9 nitrogen and oxygen atoms in total. The molecule has 1 saturated carbocycles. The Morgan fingerprint density at radius 2 is 1.95 bits per heavy atom. The zero-order valence-electron chi connectivity index (χ0n) is 24.4. The molecule has 2 aromatic rings. The number of benzene rings is 1. The summed E-state index contributed by atoms with van der Waals surface area (Å²) >= 11 is 6.59. The summed E-state index contributed by atoms with van der Waals surface area (Å²) in [5.41, 5.74) is 1.88.